The number of nitrogens with zero attached hydrogens (tertiary/aromatic N) is 2. The highest BCUT2D eigenvalue weighted by atomic mass is 32.2. The fourth-order valence-corrected chi connectivity index (χ4v) is 8.50. The first-order chi connectivity index (χ1) is 23.4. The normalized spacial score (nSPS) is 19.5. The summed E-state index contributed by atoms with van der Waals surface area (Å²) >= 11 is 5.85. The number of rotatable bonds is 14. The Hall–Kier alpha value is -4.09. The number of sulfone groups is 1. The van der Waals surface area contributed by atoms with Crippen LogP contribution in [0.2, 0.25) is 0 Å². The van der Waals surface area contributed by atoms with Crippen LogP contribution in [0.15, 0.2) is 84.9 Å². The zero-order chi connectivity index (χ0) is 35.2. The van der Waals surface area contributed by atoms with Crippen molar-refractivity contribution in [1.82, 2.24) is 10.2 Å². The van der Waals surface area contributed by atoms with Crippen LogP contribution in [0.3, 0.4) is 0 Å². The first-order valence-electron chi connectivity index (χ1n) is 16.9. The summed E-state index contributed by atoms with van der Waals surface area (Å²) in [6.07, 6.45) is 6.85. The number of carboxylic acid groups (broad SMARTS) is 1. The van der Waals surface area contributed by atoms with Gasteiger partial charge >= 0.3 is 5.97 Å². The maximum Gasteiger partial charge on any atom is 0.326 e. The molecular formula is C38H45N3O6S2. The van der Waals surface area contributed by atoms with Crippen LogP contribution in [0.4, 0.5) is 5.69 Å². The van der Waals surface area contributed by atoms with Crippen LogP contribution in [0.1, 0.15) is 74.7 Å². The molecule has 2 amide bonds. The van der Waals surface area contributed by atoms with E-state index >= 15 is 0 Å². The van der Waals surface area contributed by atoms with E-state index in [0.717, 1.165) is 48.8 Å². The first kappa shape index (κ1) is 36.2. The highest BCUT2D eigenvalue weighted by molar-refractivity contribution is 7.90. The lowest BCUT2D eigenvalue weighted by molar-refractivity contribution is -0.139. The van der Waals surface area contributed by atoms with Crippen molar-refractivity contribution in [2.45, 2.75) is 83.0 Å². The second-order valence-corrected chi connectivity index (χ2v) is 16.1. The van der Waals surface area contributed by atoms with Crippen LogP contribution in [-0.2, 0) is 37.1 Å². The summed E-state index contributed by atoms with van der Waals surface area (Å²) in [5, 5.41) is 13.4. The Labute approximate surface area is 294 Å². The predicted molar refractivity (Wildman–Crippen MR) is 195 cm³/mol. The SMILES string of the molecule is CC(=O)N1[C@H](Cc2ccccc2)C(=O)N(c2ccc(C[C@H](NC(=S)C3(CCCCS(C)(=O)=O)CCCC3)C(=O)O)cc2)[C@@H]1c1ccccc1. The molecule has 0 aromatic heterocycles. The molecule has 9 nitrogen and oxygen atoms in total. The van der Waals surface area contributed by atoms with Crippen LogP contribution in [0.25, 0.3) is 0 Å². The highest BCUT2D eigenvalue weighted by Gasteiger charge is 2.48. The second kappa shape index (κ2) is 15.6. The van der Waals surface area contributed by atoms with Crippen LogP contribution in [-0.4, -0.2) is 65.3 Å². The lowest BCUT2D eigenvalue weighted by Gasteiger charge is -2.32. The number of hydrogen-bond acceptors (Lipinski definition) is 6. The maximum atomic E-state index is 14.2. The second-order valence-electron chi connectivity index (χ2n) is 13.4. The Morgan fingerprint density at radius 3 is 2.12 bits per heavy atom. The summed E-state index contributed by atoms with van der Waals surface area (Å²) in [6, 6.07) is 24.8. The molecule has 1 saturated carbocycles. The molecule has 1 aliphatic carbocycles. The molecule has 1 heterocycles. The number of nitrogens with one attached hydrogen (secondary N) is 1. The maximum absolute atomic E-state index is 14.2. The Bertz CT molecular complexity index is 1740. The monoisotopic (exact) mass is 703 g/mol. The fraction of sp³-hybridized carbons (Fsp3) is 0.421. The van der Waals surface area contributed by atoms with E-state index in [1.807, 2.05) is 84.9 Å². The molecule has 0 bridgehead atoms. The van der Waals surface area contributed by atoms with Crippen molar-refractivity contribution < 1.29 is 27.9 Å². The van der Waals surface area contributed by atoms with Gasteiger partial charge in [-0.1, -0.05) is 104 Å². The molecule has 3 atom stereocenters. The van der Waals surface area contributed by atoms with E-state index in [4.69, 9.17) is 12.2 Å². The average molecular weight is 704 g/mol. The third kappa shape index (κ3) is 8.75. The Kier molecular flexibility index (Phi) is 11.5. The first-order valence-corrected chi connectivity index (χ1v) is 19.4. The van der Waals surface area contributed by atoms with Gasteiger partial charge in [-0.25, -0.2) is 13.2 Å². The molecule has 1 aliphatic heterocycles. The van der Waals surface area contributed by atoms with Gasteiger partial charge < -0.3 is 15.3 Å². The lowest BCUT2D eigenvalue weighted by atomic mass is 9.80. The highest BCUT2D eigenvalue weighted by Crippen LogP contribution is 2.44. The number of carboxylic acids is 1. The van der Waals surface area contributed by atoms with E-state index in [1.54, 1.807) is 9.80 Å². The van der Waals surface area contributed by atoms with E-state index < -0.39 is 34.1 Å². The molecule has 3 aromatic rings. The van der Waals surface area contributed by atoms with Crippen molar-refractivity contribution in [3.63, 3.8) is 0 Å². The minimum atomic E-state index is -3.04. The van der Waals surface area contributed by atoms with Gasteiger partial charge in [-0.15, -0.1) is 0 Å². The molecule has 0 unspecified atom stereocenters. The topological polar surface area (TPSA) is 124 Å². The van der Waals surface area contributed by atoms with Gasteiger partial charge in [0.15, 0.2) is 0 Å². The summed E-state index contributed by atoms with van der Waals surface area (Å²) in [5.74, 6) is -1.28. The van der Waals surface area contributed by atoms with Crippen molar-refractivity contribution >= 4 is 50.5 Å². The number of aliphatic carboxylic acids is 1. The molecule has 1 saturated heterocycles. The molecule has 3 aromatic carbocycles. The Morgan fingerprint density at radius 2 is 1.55 bits per heavy atom. The number of amides is 2. The van der Waals surface area contributed by atoms with Crippen LogP contribution >= 0.6 is 12.2 Å². The number of thiocarbonyl (C=S) groups is 1. The van der Waals surface area contributed by atoms with Crippen LogP contribution in [0, 0.1) is 5.41 Å². The van der Waals surface area contributed by atoms with Gasteiger partial charge in [0.05, 0.1) is 4.99 Å². The molecule has 0 radical (unpaired) electrons. The molecule has 260 valence electrons. The van der Waals surface area contributed by atoms with Crippen molar-refractivity contribution in [3.05, 3.63) is 102 Å². The van der Waals surface area contributed by atoms with Crippen molar-refractivity contribution in [3.8, 4) is 0 Å². The molecule has 5 rings (SSSR count). The molecule has 2 aliphatic rings. The Balaban J connectivity index is 1.35. The third-order valence-corrected chi connectivity index (χ3v) is 11.4. The quantitative estimate of drug-likeness (QED) is 0.158. The molecular weight excluding hydrogens is 659 g/mol. The van der Waals surface area contributed by atoms with E-state index in [-0.39, 0.29) is 29.4 Å². The number of benzene rings is 3. The fourth-order valence-electron chi connectivity index (χ4n) is 7.32. The van der Waals surface area contributed by atoms with Gasteiger partial charge in [0.25, 0.3) is 5.91 Å². The van der Waals surface area contributed by atoms with E-state index in [2.05, 4.69) is 5.32 Å². The van der Waals surface area contributed by atoms with Crippen molar-refractivity contribution in [2.75, 3.05) is 16.9 Å². The minimum absolute atomic E-state index is 0.132. The average Bonchev–Trinajstić information content (AvgIpc) is 3.67. The number of anilines is 1. The standard InChI is InChI=1S/C38H45N3O6S2/c1-27(42)40-33(26-28-13-5-3-6-14-28)35(43)41(34(40)30-15-7-4-8-16-30)31-19-17-29(18-20-31)25-32(36(44)45)39-37(48)38(21-9-10-22-38)23-11-12-24-49(2,46)47/h3-8,13-20,32-34H,9-12,21-26H2,1-2H3,(H,39,48)(H,44,45)/t32-,33+,34+/m0/s1. The molecule has 2 N–H and O–H groups in total. The van der Waals surface area contributed by atoms with E-state index in [1.165, 1.54) is 13.2 Å². The largest absolute Gasteiger partial charge is 0.480 e. The third-order valence-electron chi connectivity index (χ3n) is 9.82. The summed E-state index contributed by atoms with van der Waals surface area (Å²) in [7, 11) is -3.04. The molecule has 0 spiro atoms. The number of hydrogen-bond donors (Lipinski definition) is 2. The van der Waals surface area contributed by atoms with Gasteiger partial charge in [-0.2, -0.15) is 0 Å². The van der Waals surface area contributed by atoms with E-state index in [0.29, 0.717) is 29.9 Å². The summed E-state index contributed by atoms with van der Waals surface area (Å²) < 4.78 is 23.2. The van der Waals surface area contributed by atoms with Gasteiger partial charge in [0.1, 0.15) is 28.1 Å². The number of unbranched alkanes of at least 4 members (excludes halogenated alkanes) is 1. The van der Waals surface area contributed by atoms with Gasteiger partial charge in [0.2, 0.25) is 5.91 Å². The summed E-state index contributed by atoms with van der Waals surface area (Å²) in [5.41, 5.74) is 2.80. The van der Waals surface area contributed by atoms with Crippen molar-refractivity contribution in [2.24, 2.45) is 5.41 Å². The minimum Gasteiger partial charge on any atom is -0.480 e. The van der Waals surface area contributed by atoms with Crippen LogP contribution in [0.5, 0.6) is 0 Å². The smallest absolute Gasteiger partial charge is 0.326 e. The number of carbonyl (C=O) groups is 3. The van der Waals surface area contributed by atoms with Gasteiger partial charge in [-0.05, 0) is 54.5 Å². The predicted octanol–water partition coefficient (Wildman–Crippen LogP) is 5.88. The van der Waals surface area contributed by atoms with Gasteiger partial charge in [-0.3, -0.25) is 14.5 Å². The molecule has 49 heavy (non-hydrogen) atoms. The van der Waals surface area contributed by atoms with Crippen molar-refractivity contribution in [1.29, 1.82) is 0 Å². The lowest BCUT2D eigenvalue weighted by Crippen LogP contribution is -2.47. The van der Waals surface area contributed by atoms with E-state index in [9.17, 15) is 27.9 Å². The van der Waals surface area contributed by atoms with Crippen LogP contribution < -0.4 is 10.2 Å². The number of carbonyl (C=O) groups excluding carboxylic acids is 2. The summed E-state index contributed by atoms with van der Waals surface area (Å²) in [4.78, 5) is 43.7. The Morgan fingerprint density at radius 1 is 0.939 bits per heavy atom. The molecule has 11 heteroatoms. The zero-order valence-corrected chi connectivity index (χ0v) is 29.7. The molecule has 2 fully saturated rings. The zero-order valence-electron chi connectivity index (χ0n) is 28.1. The summed E-state index contributed by atoms with van der Waals surface area (Å²) in [6.45, 7) is 1.49. The van der Waals surface area contributed by atoms with Gasteiger partial charge in [0, 0.05) is 42.9 Å².